The second-order valence-electron chi connectivity index (χ2n) is 8.11. The summed E-state index contributed by atoms with van der Waals surface area (Å²) in [6.07, 6.45) is -1.21. The number of methoxy groups -OCH3 is 1. The monoisotopic (exact) mass is 398 g/mol. The van der Waals surface area contributed by atoms with Gasteiger partial charge in [-0.15, -0.1) is 0 Å². The summed E-state index contributed by atoms with van der Waals surface area (Å²) in [5.41, 5.74) is -0.281. The lowest BCUT2D eigenvalue weighted by Crippen LogP contribution is -2.47. The molecule has 2 aliphatic rings. The molecule has 0 N–H and O–H groups in total. The SMILES string of the molecule is COC(=O)C1=C([C@H]2C(=O)c3ccccc3C(=O)[C@@H]2OC(C)=O)C(=O)CC(C)(C)C1. The van der Waals surface area contributed by atoms with Crippen molar-refractivity contribution in [3.05, 3.63) is 46.5 Å². The van der Waals surface area contributed by atoms with Crippen LogP contribution in [0.3, 0.4) is 0 Å². The Morgan fingerprint density at radius 1 is 1.00 bits per heavy atom. The van der Waals surface area contributed by atoms with E-state index in [1.165, 1.54) is 19.2 Å². The number of esters is 2. The Morgan fingerprint density at radius 2 is 1.59 bits per heavy atom. The van der Waals surface area contributed by atoms with E-state index in [1.54, 1.807) is 12.1 Å². The van der Waals surface area contributed by atoms with Gasteiger partial charge in [0, 0.05) is 35.6 Å². The van der Waals surface area contributed by atoms with Gasteiger partial charge in [-0.05, 0) is 11.8 Å². The van der Waals surface area contributed by atoms with Crippen molar-refractivity contribution in [3.63, 3.8) is 0 Å². The minimum Gasteiger partial charge on any atom is -0.466 e. The third-order valence-corrected chi connectivity index (χ3v) is 5.26. The molecule has 7 heteroatoms. The highest BCUT2D eigenvalue weighted by Crippen LogP contribution is 2.43. The number of fused-ring (bicyclic) bond motifs is 1. The van der Waals surface area contributed by atoms with Gasteiger partial charge in [-0.1, -0.05) is 38.1 Å². The van der Waals surface area contributed by atoms with Gasteiger partial charge in [-0.25, -0.2) is 4.79 Å². The van der Waals surface area contributed by atoms with Gasteiger partial charge < -0.3 is 9.47 Å². The predicted molar refractivity (Wildman–Crippen MR) is 101 cm³/mol. The van der Waals surface area contributed by atoms with Crippen LogP contribution < -0.4 is 0 Å². The topological polar surface area (TPSA) is 104 Å². The molecule has 0 saturated heterocycles. The molecule has 0 spiro atoms. The second kappa shape index (κ2) is 7.39. The number of ketones is 3. The van der Waals surface area contributed by atoms with Crippen LogP contribution in [-0.4, -0.2) is 42.5 Å². The Kier molecular flexibility index (Phi) is 5.26. The van der Waals surface area contributed by atoms with E-state index in [-0.39, 0.29) is 35.1 Å². The Balaban J connectivity index is 2.26. The van der Waals surface area contributed by atoms with Gasteiger partial charge in [0.1, 0.15) is 0 Å². The first kappa shape index (κ1) is 20.6. The third kappa shape index (κ3) is 3.64. The molecule has 7 nitrogen and oxygen atoms in total. The molecule has 0 bridgehead atoms. The fourth-order valence-electron chi connectivity index (χ4n) is 4.11. The van der Waals surface area contributed by atoms with E-state index in [0.717, 1.165) is 6.92 Å². The van der Waals surface area contributed by atoms with Crippen LogP contribution in [0.5, 0.6) is 0 Å². The van der Waals surface area contributed by atoms with Crippen LogP contribution in [0.2, 0.25) is 0 Å². The number of benzene rings is 1. The van der Waals surface area contributed by atoms with Crippen molar-refractivity contribution < 1.29 is 33.4 Å². The summed E-state index contributed by atoms with van der Waals surface area (Å²) in [6, 6.07) is 6.17. The Hall–Kier alpha value is -3.09. The maximum absolute atomic E-state index is 13.3. The lowest BCUT2D eigenvalue weighted by molar-refractivity contribution is -0.145. The first-order valence-corrected chi connectivity index (χ1v) is 9.26. The molecule has 0 fully saturated rings. The summed E-state index contributed by atoms with van der Waals surface area (Å²) < 4.78 is 10.1. The molecule has 0 heterocycles. The van der Waals surface area contributed by atoms with E-state index in [9.17, 15) is 24.0 Å². The zero-order valence-electron chi connectivity index (χ0n) is 16.7. The zero-order chi connectivity index (χ0) is 21.5. The maximum Gasteiger partial charge on any atom is 0.334 e. The molecular weight excluding hydrogens is 376 g/mol. The quantitative estimate of drug-likeness (QED) is 0.721. The van der Waals surface area contributed by atoms with E-state index < -0.39 is 46.7 Å². The van der Waals surface area contributed by atoms with Crippen molar-refractivity contribution in [2.75, 3.05) is 7.11 Å². The van der Waals surface area contributed by atoms with Crippen molar-refractivity contribution in [1.29, 1.82) is 0 Å². The third-order valence-electron chi connectivity index (χ3n) is 5.26. The Bertz CT molecular complexity index is 967. The average Bonchev–Trinajstić information content (AvgIpc) is 2.65. The highest BCUT2D eigenvalue weighted by Gasteiger charge is 2.50. The molecule has 2 aliphatic carbocycles. The molecule has 0 radical (unpaired) electrons. The molecule has 1 aromatic carbocycles. The van der Waals surface area contributed by atoms with Gasteiger partial charge in [0.15, 0.2) is 17.7 Å². The van der Waals surface area contributed by atoms with E-state index in [4.69, 9.17) is 9.47 Å². The molecule has 3 rings (SSSR count). The molecule has 152 valence electrons. The smallest absolute Gasteiger partial charge is 0.334 e. The largest absolute Gasteiger partial charge is 0.466 e. The van der Waals surface area contributed by atoms with E-state index in [0.29, 0.717) is 0 Å². The van der Waals surface area contributed by atoms with Gasteiger partial charge in [0.2, 0.25) is 5.78 Å². The molecular formula is C22H22O7. The van der Waals surface area contributed by atoms with Crippen LogP contribution >= 0.6 is 0 Å². The van der Waals surface area contributed by atoms with E-state index in [1.807, 2.05) is 13.8 Å². The highest BCUT2D eigenvalue weighted by atomic mass is 16.5. The van der Waals surface area contributed by atoms with Gasteiger partial charge in [0.25, 0.3) is 0 Å². The van der Waals surface area contributed by atoms with Crippen molar-refractivity contribution in [2.24, 2.45) is 11.3 Å². The van der Waals surface area contributed by atoms with Crippen LogP contribution in [0.1, 0.15) is 54.3 Å². The first-order valence-electron chi connectivity index (χ1n) is 9.26. The second-order valence-corrected chi connectivity index (χ2v) is 8.11. The molecule has 0 amide bonds. The van der Waals surface area contributed by atoms with Crippen LogP contribution in [0.4, 0.5) is 0 Å². The minimum absolute atomic E-state index is 0.0523. The number of hydrogen-bond donors (Lipinski definition) is 0. The molecule has 0 aromatic heterocycles. The molecule has 0 saturated carbocycles. The zero-order valence-corrected chi connectivity index (χ0v) is 16.7. The molecule has 0 unspecified atom stereocenters. The maximum atomic E-state index is 13.3. The first-order chi connectivity index (χ1) is 13.6. The van der Waals surface area contributed by atoms with Crippen molar-refractivity contribution in [1.82, 2.24) is 0 Å². The van der Waals surface area contributed by atoms with Crippen molar-refractivity contribution in [3.8, 4) is 0 Å². The number of Topliss-reactive ketones (excluding diaryl/α,β-unsaturated/α-hetero) is 3. The average molecular weight is 398 g/mol. The van der Waals surface area contributed by atoms with E-state index >= 15 is 0 Å². The highest BCUT2D eigenvalue weighted by molar-refractivity contribution is 6.22. The van der Waals surface area contributed by atoms with Crippen molar-refractivity contribution >= 4 is 29.3 Å². The van der Waals surface area contributed by atoms with E-state index in [2.05, 4.69) is 0 Å². The summed E-state index contributed by atoms with van der Waals surface area (Å²) in [7, 11) is 1.19. The minimum atomic E-state index is -1.50. The summed E-state index contributed by atoms with van der Waals surface area (Å²) in [5.74, 6) is -4.40. The van der Waals surface area contributed by atoms with Gasteiger partial charge >= 0.3 is 11.9 Å². The molecule has 1 aromatic rings. The number of rotatable bonds is 3. The number of hydrogen-bond acceptors (Lipinski definition) is 7. The number of carbonyl (C=O) groups excluding carboxylic acids is 5. The van der Waals surface area contributed by atoms with Crippen LogP contribution in [-0.2, 0) is 23.9 Å². The molecule has 29 heavy (non-hydrogen) atoms. The lowest BCUT2D eigenvalue weighted by atomic mass is 9.66. The fourth-order valence-corrected chi connectivity index (χ4v) is 4.11. The Labute approximate surface area is 168 Å². The standard InChI is InChI=1S/C22H22O7/c1-11(23)29-20-17(18(25)12-7-5-6-8-13(12)19(20)26)16-14(21(27)28-4)9-22(2,3)10-15(16)24/h5-8,17,20H,9-10H2,1-4H3/t17-,20+/m0/s1. The van der Waals surface area contributed by atoms with Crippen LogP contribution in [0.25, 0.3) is 0 Å². The number of carbonyl (C=O) groups is 5. The lowest BCUT2D eigenvalue weighted by Gasteiger charge is -2.37. The van der Waals surface area contributed by atoms with Gasteiger partial charge in [-0.2, -0.15) is 0 Å². The normalized spacial score (nSPS) is 23.5. The summed E-state index contributed by atoms with van der Waals surface area (Å²) in [5, 5.41) is 0. The number of ether oxygens (including phenoxy) is 2. The molecule has 0 aliphatic heterocycles. The predicted octanol–water partition coefficient (Wildman–Crippen LogP) is 2.47. The summed E-state index contributed by atoms with van der Waals surface area (Å²) in [4.78, 5) is 63.6. The van der Waals surface area contributed by atoms with Crippen LogP contribution in [0.15, 0.2) is 35.4 Å². The Morgan fingerprint density at radius 3 is 2.14 bits per heavy atom. The molecule has 2 atom stereocenters. The van der Waals surface area contributed by atoms with Crippen molar-refractivity contribution in [2.45, 2.75) is 39.7 Å². The summed E-state index contributed by atoms with van der Waals surface area (Å²) in [6.45, 7) is 4.78. The fraction of sp³-hybridized carbons (Fsp3) is 0.409. The van der Waals surface area contributed by atoms with Crippen LogP contribution in [0, 0.1) is 11.3 Å². The van der Waals surface area contributed by atoms with Gasteiger partial charge in [0.05, 0.1) is 13.0 Å². The van der Waals surface area contributed by atoms with Gasteiger partial charge in [-0.3, -0.25) is 19.2 Å². The summed E-state index contributed by atoms with van der Waals surface area (Å²) >= 11 is 0.